The first-order valence-corrected chi connectivity index (χ1v) is 8.89. The summed E-state index contributed by atoms with van der Waals surface area (Å²) in [6.07, 6.45) is 2.97. The molecule has 142 valence electrons. The second kappa shape index (κ2) is 7.31. The number of aryl methyl sites for hydroxylation is 1. The molecule has 5 nitrogen and oxygen atoms in total. The van der Waals surface area contributed by atoms with Gasteiger partial charge in [0.1, 0.15) is 11.6 Å². The minimum Gasteiger partial charge on any atom is -0.496 e. The molecule has 2 aromatic carbocycles. The van der Waals surface area contributed by atoms with Crippen LogP contribution in [0, 0.1) is 12.7 Å². The van der Waals surface area contributed by atoms with Crippen molar-refractivity contribution in [3.8, 4) is 0 Å². The van der Waals surface area contributed by atoms with Crippen molar-refractivity contribution in [3.63, 3.8) is 0 Å². The van der Waals surface area contributed by atoms with Crippen LogP contribution in [-0.4, -0.2) is 18.0 Å². The fraction of sp³-hybridized carbons (Fsp3) is 0.182. The number of halogens is 1. The van der Waals surface area contributed by atoms with Crippen LogP contribution in [0.15, 0.2) is 59.5 Å². The molecule has 0 saturated carbocycles. The number of ether oxygens (including phenoxy) is 1. The van der Waals surface area contributed by atoms with Gasteiger partial charge in [0, 0.05) is 11.1 Å². The highest BCUT2D eigenvalue weighted by atomic mass is 19.1. The molecule has 1 amide bonds. The Morgan fingerprint density at radius 2 is 2.07 bits per heavy atom. The van der Waals surface area contributed by atoms with Gasteiger partial charge in [0.05, 0.1) is 32.0 Å². The van der Waals surface area contributed by atoms with E-state index in [9.17, 15) is 9.18 Å². The Balaban J connectivity index is 1.81. The fourth-order valence-corrected chi connectivity index (χ4v) is 3.41. The number of rotatable bonds is 4. The molecular formula is C22H19FN2O3. The highest BCUT2D eigenvalue weighted by Gasteiger charge is 2.30. The molecule has 28 heavy (non-hydrogen) atoms. The number of carbonyl (C=O) groups excluding carboxylic acids is 1. The van der Waals surface area contributed by atoms with Gasteiger partial charge < -0.3 is 14.1 Å². The van der Waals surface area contributed by atoms with Crippen molar-refractivity contribution in [2.24, 2.45) is 0 Å². The number of benzene rings is 2. The van der Waals surface area contributed by atoms with E-state index in [4.69, 9.17) is 9.15 Å². The summed E-state index contributed by atoms with van der Waals surface area (Å²) in [6.45, 7) is 1.97. The summed E-state index contributed by atoms with van der Waals surface area (Å²) in [6, 6.07) is 12.5. The van der Waals surface area contributed by atoms with E-state index in [1.807, 2.05) is 30.3 Å². The standard InChI is InChI=1S/C22H19FN2O3/c1-14-7-8-15(9-18(14)23)12-25-19-6-4-3-5-16(19)22(27-2)17(10-21(25)26)20-11-24-13-28-20/h3-9,11,13H,10,12H2,1-2H3. The molecule has 0 spiro atoms. The Labute approximate surface area is 162 Å². The zero-order valence-corrected chi connectivity index (χ0v) is 15.6. The van der Waals surface area contributed by atoms with E-state index in [1.54, 1.807) is 31.2 Å². The molecule has 1 aliphatic heterocycles. The molecule has 2 heterocycles. The molecule has 0 unspecified atom stereocenters. The SMILES string of the molecule is COC1=C(c2cnco2)CC(=O)N(Cc2ccc(C)c(F)c2)c2ccccc21. The van der Waals surface area contributed by atoms with Gasteiger partial charge >= 0.3 is 0 Å². The predicted molar refractivity (Wildman–Crippen MR) is 104 cm³/mol. The molecule has 1 aliphatic rings. The van der Waals surface area contributed by atoms with Crippen LogP contribution in [0.4, 0.5) is 10.1 Å². The molecule has 4 rings (SSSR count). The molecule has 6 heteroatoms. The summed E-state index contributed by atoms with van der Waals surface area (Å²) in [5.74, 6) is 0.638. The van der Waals surface area contributed by atoms with Gasteiger partial charge in [-0.05, 0) is 36.2 Å². The third kappa shape index (κ3) is 3.17. The quantitative estimate of drug-likeness (QED) is 0.667. The van der Waals surface area contributed by atoms with Gasteiger partial charge in [-0.15, -0.1) is 0 Å². The van der Waals surface area contributed by atoms with Gasteiger partial charge in [0.15, 0.2) is 12.2 Å². The molecule has 0 radical (unpaired) electrons. The van der Waals surface area contributed by atoms with Crippen molar-refractivity contribution in [1.82, 2.24) is 4.98 Å². The zero-order chi connectivity index (χ0) is 19.7. The second-order valence-electron chi connectivity index (χ2n) is 6.63. The number of fused-ring (bicyclic) bond motifs is 1. The molecule has 0 saturated heterocycles. The molecular weight excluding hydrogens is 359 g/mol. The van der Waals surface area contributed by atoms with Crippen LogP contribution in [0.2, 0.25) is 0 Å². The number of anilines is 1. The summed E-state index contributed by atoms with van der Waals surface area (Å²) >= 11 is 0. The van der Waals surface area contributed by atoms with Crippen molar-refractivity contribution in [2.45, 2.75) is 19.9 Å². The molecule has 0 N–H and O–H groups in total. The Kier molecular flexibility index (Phi) is 4.69. The monoisotopic (exact) mass is 378 g/mol. The lowest BCUT2D eigenvalue weighted by Crippen LogP contribution is -2.30. The van der Waals surface area contributed by atoms with Crippen LogP contribution in [0.1, 0.15) is 28.9 Å². The largest absolute Gasteiger partial charge is 0.496 e. The molecule has 1 aromatic heterocycles. The molecule has 0 atom stereocenters. The average Bonchev–Trinajstić information content (AvgIpc) is 3.20. The lowest BCUT2D eigenvalue weighted by molar-refractivity contribution is -0.117. The van der Waals surface area contributed by atoms with E-state index in [0.717, 1.165) is 5.56 Å². The number of amides is 1. The van der Waals surface area contributed by atoms with Gasteiger partial charge in [-0.25, -0.2) is 9.37 Å². The Morgan fingerprint density at radius 1 is 1.25 bits per heavy atom. The summed E-state index contributed by atoms with van der Waals surface area (Å²) < 4.78 is 25.1. The summed E-state index contributed by atoms with van der Waals surface area (Å²) in [5.41, 5.74) is 3.40. The number of carbonyl (C=O) groups is 1. The number of oxazole rings is 1. The normalized spacial score (nSPS) is 14.1. The number of hydrogen-bond donors (Lipinski definition) is 0. The van der Waals surface area contributed by atoms with Crippen molar-refractivity contribution < 1.29 is 18.3 Å². The van der Waals surface area contributed by atoms with E-state index in [2.05, 4.69) is 4.98 Å². The lowest BCUT2D eigenvalue weighted by atomic mass is 10.0. The summed E-state index contributed by atoms with van der Waals surface area (Å²) in [4.78, 5) is 18.8. The highest BCUT2D eigenvalue weighted by molar-refractivity contribution is 6.08. The van der Waals surface area contributed by atoms with E-state index in [-0.39, 0.29) is 24.7 Å². The van der Waals surface area contributed by atoms with Crippen molar-refractivity contribution >= 4 is 22.9 Å². The molecule has 0 bridgehead atoms. The lowest BCUT2D eigenvalue weighted by Gasteiger charge is -2.23. The third-order valence-corrected chi connectivity index (χ3v) is 4.85. The number of nitrogens with zero attached hydrogens (tertiary/aromatic N) is 2. The number of aromatic nitrogens is 1. The fourth-order valence-electron chi connectivity index (χ4n) is 3.41. The van der Waals surface area contributed by atoms with Gasteiger partial charge in [-0.3, -0.25) is 4.79 Å². The topological polar surface area (TPSA) is 55.6 Å². The number of para-hydroxylation sites is 1. The molecule has 0 fully saturated rings. The van der Waals surface area contributed by atoms with Crippen LogP contribution >= 0.6 is 0 Å². The summed E-state index contributed by atoms with van der Waals surface area (Å²) in [7, 11) is 1.57. The summed E-state index contributed by atoms with van der Waals surface area (Å²) in [5, 5.41) is 0. The maximum Gasteiger partial charge on any atom is 0.232 e. The minimum atomic E-state index is -0.286. The zero-order valence-electron chi connectivity index (χ0n) is 15.6. The van der Waals surface area contributed by atoms with Crippen LogP contribution in [0.25, 0.3) is 11.3 Å². The minimum absolute atomic E-state index is 0.0847. The van der Waals surface area contributed by atoms with Gasteiger partial charge in [0.25, 0.3) is 0 Å². The van der Waals surface area contributed by atoms with Gasteiger partial charge in [0.2, 0.25) is 5.91 Å². The van der Waals surface area contributed by atoms with Gasteiger partial charge in [-0.2, -0.15) is 0 Å². The number of hydrogen-bond acceptors (Lipinski definition) is 4. The Hall–Kier alpha value is -3.41. The maximum absolute atomic E-state index is 14.0. The highest BCUT2D eigenvalue weighted by Crippen LogP contribution is 2.39. The first kappa shape index (κ1) is 18.0. The average molecular weight is 378 g/mol. The van der Waals surface area contributed by atoms with Crippen LogP contribution in [0.5, 0.6) is 0 Å². The van der Waals surface area contributed by atoms with E-state index in [1.165, 1.54) is 12.5 Å². The number of methoxy groups -OCH3 is 1. The van der Waals surface area contributed by atoms with Crippen molar-refractivity contribution in [2.75, 3.05) is 12.0 Å². The van der Waals surface area contributed by atoms with Gasteiger partial charge in [-0.1, -0.05) is 24.3 Å². The Morgan fingerprint density at radius 3 is 2.79 bits per heavy atom. The van der Waals surface area contributed by atoms with Crippen LogP contribution in [-0.2, 0) is 16.1 Å². The smallest absolute Gasteiger partial charge is 0.232 e. The van der Waals surface area contributed by atoms with E-state index >= 15 is 0 Å². The first-order valence-electron chi connectivity index (χ1n) is 8.89. The van der Waals surface area contributed by atoms with Crippen LogP contribution in [0.3, 0.4) is 0 Å². The second-order valence-corrected chi connectivity index (χ2v) is 6.63. The van der Waals surface area contributed by atoms with Crippen molar-refractivity contribution in [3.05, 3.63) is 83.3 Å². The third-order valence-electron chi connectivity index (χ3n) is 4.85. The first-order chi connectivity index (χ1) is 13.6. The molecule has 3 aromatic rings. The van der Waals surface area contributed by atoms with E-state index < -0.39 is 0 Å². The maximum atomic E-state index is 14.0. The van der Waals surface area contributed by atoms with Crippen LogP contribution < -0.4 is 4.90 Å². The molecule has 0 aliphatic carbocycles. The van der Waals surface area contributed by atoms with Crippen molar-refractivity contribution in [1.29, 1.82) is 0 Å². The van der Waals surface area contributed by atoms with E-state index in [0.29, 0.717) is 33.9 Å². The predicted octanol–water partition coefficient (Wildman–Crippen LogP) is 4.57. The Bertz CT molecular complexity index is 1060.